The molecule has 2 aromatic carbocycles. The van der Waals surface area contributed by atoms with Gasteiger partial charge in [0.15, 0.2) is 11.5 Å². The molecule has 1 aliphatic heterocycles. The zero-order valence-electron chi connectivity index (χ0n) is 15.6. The minimum Gasteiger partial charge on any atom is -0.497 e. The first-order valence-electron chi connectivity index (χ1n) is 8.36. The third-order valence-electron chi connectivity index (χ3n) is 4.19. The van der Waals surface area contributed by atoms with Crippen molar-refractivity contribution >= 4 is 17.6 Å². The molecule has 0 saturated heterocycles. The van der Waals surface area contributed by atoms with Gasteiger partial charge in [0.2, 0.25) is 5.78 Å². The molecule has 0 aromatic heterocycles. The van der Waals surface area contributed by atoms with Gasteiger partial charge < -0.3 is 18.9 Å². The highest BCUT2D eigenvalue weighted by Gasteiger charge is 2.30. The van der Waals surface area contributed by atoms with E-state index in [1.807, 2.05) is 0 Å². The number of allylic oxidation sites excluding steroid dienone is 1. The van der Waals surface area contributed by atoms with Crippen molar-refractivity contribution in [2.24, 2.45) is 0 Å². The van der Waals surface area contributed by atoms with Gasteiger partial charge in [0, 0.05) is 17.2 Å². The molecule has 6 nitrogen and oxygen atoms in total. The molecule has 140 valence electrons. The molecular weight excluding hydrogens is 348 g/mol. The summed E-state index contributed by atoms with van der Waals surface area (Å²) in [7, 11) is 3.12. The topological polar surface area (TPSA) is 71.1 Å². The van der Waals surface area contributed by atoms with E-state index in [1.165, 1.54) is 6.92 Å². The summed E-state index contributed by atoms with van der Waals surface area (Å²) in [4.78, 5) is 23.8. The van der Waals surface area contributed by atoms with Gasteiger partial charge in [-0.25, -0.2) is 0 Å². The average molecular weight is 368 g/mol. The molecule has 1 aliphatic rings. The van der Waals surface area contributed by atoms with Crippen molar-refractivity contribution in [2.75, 3.05) is 20.8 Å². The predicted molar refractivity (Wildman–Crippen MR) is 99.8 cm³/mol. The molecule has 0 radical (unpaired) electrons. The van der Waals surface area contributed by atoms with Crippen LogP contribution in [0.1, 0.15) is 28.4 Å². The van der Waals surface area contributed by atoms with Crippen molar-refractivity contribution in [3.05, 3.63) is 52.8 Å². The van der Waals surface area contributed by atoms with Gasteiger partial charge in [-0.05, 0) is 44.2 Å². The lowest BCUT2D eigenvalue weighted by molar-refractivity contribution is -0.118. The third-order valence-corrected chi connectivity index (χ3v) is 4.19. The first-order chi connectivity index (χ1) is 12.9. The lowest BCUT2D eigenvalue weighted by atomic mass is 10.1. The second-order valence-electron chi connectivity index (χ2n) is 6.10. The number of Topliss-reactive ketones (excluding diaryl/α,β-unsaturated/α-hetero) is 2. The van der Waals surface area contributed by atoms with Crippen LogP contribution in [-0.2, 0) is 4.79 Å². The van der Waals surface area contributed by atoms with Crippen molar-refractivity contribution in [3.8, 4) is 23.0 Å². The van der Waals surface area contributed by atoms with E-state index in [0.29, 0.717) is 39.7 Å². The van der Waals surface area contributed by atoms with Crippen molar-refractivity contribution < 1.29 is 28.5 Å². The van der Waals surface area contributed by atoms with Crippen LogP contribution in [0, 0.1) is 6.92 Å². The SMILES string of the molecule is COc1ccc(/C=C2\Oc3c(ccc(OCC(C)=O)c3C)C2=O)c(OC)c1. The molecule has 0 bridgehead atoms. The van der Waals surface area contributed by atoms with Crippen LogP contribution in [0.3, 0.4) is 0 Å². The highest BCUT2D eigenvalue weighted by molar-refractivity contribution is 6.15. The van der Waals surface area contributed by atoms with E-state index in [1.54, 1.807) is 57.6 Å². The summed E-state index contributed by atoms with van der Waals surface area (Å²) in [5, 5.41) is 0. The number of rotatable bonds is 6. The van der Waals surface area contributed by atoms with Crippen molar-refractivity contribution in [3.63, 3.8) is 0 Å². The maximum atomic E-state index is 12.7. The standard InChI is InChI=1S/C21H20O6/c1-12(22)11-26-17-8-7-16-20(23)19(27-21(16)13(17)2)9-14-5-6-15(24-3)10-18(14)25-4/h5-10H,11H2,1-4H3/b19-9-. The number of ether oxygens (including phenoxy) is 4. The fraction of sp³-hybridized carbons (Fsp3) is 0.238. The van der Waals surface area contributed by atoms with E-state index in [9.17, 15) is 9.59 Å². The molecule has 27 heavy (non-hydrogen) atoms. The molecule has 2 aromatic rings. The molecule has 0 saturated carbocycles. The molecule has 0 amide bonds. The lowest BCUT2D eigenvalue weighted by Gasteiger charge is -2.10. The van der Waals surface area contributed by atoms with Crippen molar-refractivity contribution in [1.82, 2.24) is 0 Å². The zero-order valence-corrected chi connectivity index (χ0v) is 15.6. The largest absolute Gasteiger partial charge is 0.497 e. The second kappa shape index (κ2) is 7.53. The summed E-state index contributed by atoms with van der Waals surface area (Å²) >= 11 is 0. The first-order valence-corrected chi connectivity index (χ1v) is 8.36. The van der Waals surface area contributed by atoms with Gasteiger partial charge in [0.1, 0.15) is 29.6 Å². The number of ketones is 2. The molecule has 6 heteroatoms. The molecule has 0 fully saturated rings. The van der Waals surface area contributed by atoms with E-state index >= 15 is 0 Å². The quantitative estimate of drug-likeness (QED) is 0.726. The number of hydrogen-bond acceptors (Lipinski definition) is 6. The summed E-state index contributed by atoms with van der Waals surface area (Å²) in [5.74, 6) is 2.07. The van der Waals surface area contributed by atoms with E-state index in [2.05, 4.69) is 0 Å². The van der Waals surface area contributed by atoms with Gasteiger partial charge in [-0.15, -0.1) is 0 Å². The van der Waals surface area contributed by atoms with Crippen LogP contribution in [-0.4, -0.2) is 32.4 Å². The molecular formula is C21H20O6. The minimum absolute atomic E-state index is 0.0285. The van der Waals surface area contributed by atoms with Crippen LogP contribution in [0.15, 0.2) is 36.1 Å². The number of benzene rings is 2. The van der Waals surface area contributed by atoms with Crippen LogP contribution in [0.5, 0.6) is 23.0 Å². The Bertz CT molecular complexity index is 942. The smallest absolute Gasteiger partial charge is 0.231 e. The molecule has 1 heterocycles. The Morgan fingerprint density at radius 1 is 1.11 bits per heavy atom. The minimum atomic E-state index is -0.218. The monoisotopic (exact) mass is 368 g/mol. The Morgan fingerprint density at radius 2 is 1.89 bits per heavy atom. The Kier molecular flexibility index (Phi) is 5.16. The van der Waals surface area contributed by atoms with Gasteiger partial charge in [-0.2, -0.15) is 0 Å². The van der Waals surface area contributed by atoms with Crippen LogP contribution in [0.4, 0.5) is 0 Å². The predicted octanol–water partition coefficient (Wildman–Crippen LogP) is 3.60. The highest BCUT2D eigenvalue weighted by atomic mass is 16.5. The van der Waals surface area contributed by atoms with Gasteiger partial charge >= 0.3 is 0 Å². The van der Waals surface area contributed by atoms with Gasteiger partial charge in [-0.3, -0.25) is 9.59 Å². The number of carbonyl (C=O) groups excluding carboxylic acids is 2. The van der Waals surface area contributed by atoms with Crippen LogP contribution >= 0.6 is 0 Å². The van der Waals surface area contributed by atoms with E-state index in [4.69, 9.17) is 18.9 Å². The van der Waals surface area contributed by atoms with Crippen molar-refractivity contribution in [2.45, 2.75) is 13.8 Å². The molecule has 0 spiro atoms. The maximum absolute atomic E-state index is 12.7. The fourth-order valence-corrected chi connectivity index (χ4v) is 2.78. The first kappa shape index (κ1) is 18.5. The Morgan fingerprint density at radius 3 is 2.56 bits per heavy atom. The Balaban J connectivity index is 1.94. The summed E-state index contributed by atoms with van der Waals surface area (Å²) in [6.45, 7) is 3.21. The van der Waals surface area contributed by atoms with Crippen molar-refractivity contribution in [1.29, 1.82) is 0 Å². The Hall–Kier alpha value is -3.28. The summed E-state index contributed by atoms with van der Waals surface area (Å²) < 4.78 is 21.8. The number of methoxy groups -OCH3 is 2. The fourth-order valence-electron chi connectivity index (χ4n) is 2.78. The molecule has 0 aliphatic carbocycles. The number of hydrogen-bond donors (Lipinski definition) is 0. The zero-order chi connectivity index (χ0) is 19.6. The average Bonchev–Trinajstić information content (AvgIpc) is 2.98. The van der Waals surface area contributed by atoms with Crippen LogP contribution < -0.4 is 18.9 Å². The second-order valence-corrected chi connectivity index (χ2v) is 6.10. The molecule has 0 unspecified atom stereocenters. The van der Waals surface area contributed by atoms with Gasteiger partial charge in [-0.1, -0.05) is 0 Å². The maximum Gasteiger partial charge on any atom is 0.231 e. The lowest BCUT2D eigenvalue weighted by Crippen LogP contribution is -2.07. The van der Waals surface area contributed by atoms with Gasteiger partial charge in [0.05, 0.1) is 19.8 Å². The summed E-state index contributed by atoms with van der Waals surface area (Å²) in [5.41, 5.74) is 1.83. The van der Waals surface area contributed by atoms with E-state index in [-0.39, 0.29) is 23.9 Å². The molecule has 0 atom stereocenters. The summed E-state index contributed by atoms with van der Waals surface area (Å²) in [6.07, 6.45) is 1.64. The Labute approximate surface area is 157 Å². The van der Waals surface area contributed by atoms with Gasteiger partial charge in [0.25, 0.3) is 0 Å². The third kappa shape index (κ3) is 3.65. The highest BCUT2D eigenvalue weighted by Crippen LogP contribution is 2.40. The normalized spacial score (nSPS) is 13.9. The van der Waals surface area contributed by atoms with E-state index in [0.717, 1.165) is 0 Å². The van der Waals surface area contributed by atoms with E-state index < -0.39 is 0 Å². The van der Waals surface area contributed by atoms with Crippen LogP contribution in [0.25, 0.3) is 6.08 Å². The summed E-state index contributed by atoms with van der Waals surface area (Å²) in [6, 6.07) is 8.62. The number of fused-ring (bicyclic) bond motifs is 1. The van der Waals surface area contributed by atoms with Crippen LogP contribution in [0.2, 0.25) is 0 Å². The molecule has 3 rings (SSSR count). The molecule has 0 N–H and O–H groups in total. The number of carbonyl (C=O) groups is 2.